The summed E-state index contributed by atoms with van der Waals surface area (Å²) in [6, 6.07) is 9.88. The first-order valence-electron chi connectivity index (χ1n) is 9.41. The zero-order chi connectivity index (χ0) is 22.1. The molecule has 1 heterocycles. The van der Waals surface area contributed by atoms with Crippen LogP contribution < -0.4 is 10.1 Å². The van der Waals surface area contributed by atoms with Gasteiger partial charge in [0.05, 0.1) is 17.7 Å². The number of fused-ring (bicyclic) bond motifs is 1. The summed E-state index contributed by atoms with van der Waals surface area (Å²) in [6.45, 7) is 6.04. The Hall–Kier alpha value is -2.36. The molecule has 1 aromatic heterocycles. The molecule has 0 saturated carbocycles. The predicted octanol–water partition coefficient (Wildman–Crippen LogP) is 4.80. The van der Waals surface area contributed by atoms with E-state index in [-0.39, 0.29) is 16.3 Å². The molecule has 3 aromatic rings. The maximum Gasteiger partial charge on any atom is 0.291 e. The summed E-state index contributed by atoms with van der Waals surface area (Å²) in [5.74, 6) is 0.0102. The Labute approximate surface area is 184 Å². The maximum atomic E-state index is 12.9. The second-order valence-corrected chi connectivity index (χ2v) is 9.46. The van der Waals surface area contributed by atoms with Crippen molar-refractivity contribution in [1.82, 2.24) is 4.31 Å². The number of nitrogens with zero attached hydrogens (tertiary/aromatic N) is 1. The smallest absolute Gasteiger partial charge is 0.291 e. The number of carbonyl (C=O) groups is 1. The highest BCUT2D eigenvalue weighted by molar-refractivity contribution is 9.10. The van der Waals surface area contributed by atoms with Gasteiger partial charge in [-0.15, -0.1) is 0 Å². The van der Waals surface area contributed by atoms with E-state index < -0.39 is 15.9 Å². The number of benzene rings is 2. The van der Waals surface area contributed by atoms with Crippen molar-refractivity contribution in [3.63, 3.8) is 0 Å². The molecule has 0 spiro atoms. The number of amides is 1. The van der Waals surface area contributed by atoms with Gasteiger partial charge in [-0.1, -0.05) is 29.8 Å². The van der Waals surface area contributed by atoms with Gasteiger partial charge < -0.3 is 14.5 Å². The topological polar surface area (TPSA) is 88.9 Å². The standard InChI is InChI=1S/C21H23BrN2O5S/c1-5-24(6-2)30(26,27)15-8-10-19(28-4)17(12-15)23-21(25)20-13(3)16-11-14(22)7-9-18(16)29-20/h7-12H,5-6H2,1-4H3,(H,23,25). The number of rotatable bonds is 7. The molecular weight excluding hydrogens is 472 g/mol. The van der Waals surface area contributed by atoms with Crippen molar-refractivity contribution in [2.45, 2.75) is 25.7 Å². The Morgan fingerprint density at radius 2 is 1.87 bits per heavy atom. The molecule has 1 amide bonds. The van der Waals surface area contributed by atoms with Crippen LogP contribution in [-0.4, -0.2) is 38.8 Å². The van der Waals surface area contributed by atoms with Gasteiger partial charge in [0.15, 0.2) is 5.76 Å². The van der Waals surface area contributed by atoms with Crippen LogP contribution in [0.1, 0.15) is 30.0 Å². The lowest BCUT2D eigenvalue weighted by Gasteiger charge is -2.19. The fourth-order valence-corrected chi connectivity index (χ4v) is 5.09. The lowest BCUT2D eigenvalue weighted by atomic mass is 10.1. The number of nitrogens with one attached hydrogen (secondary N) is 1. The average Bonchev–Trinajstić information content (AvgIpc) is 3.04. The van der Waals surface area contributed by atoms with E-state index in [0.29, 0.717) is 30.0 Å². The van der Waals surface area contributed by atoms with Crippen LogP contribution in [-0.2, 0) is 10.0 Å². The number of halogens is 1. The molecule has 2 aromatic carbocycles. The molecular formula is C21H23BrN2O5S. The zero-order valence-electron chi connectivity index (χ0n) is 17.2. The molecule has 160 valence electrons. The molecule has 1 N–H and O–H groups in total. The molecule has 0 fully saturated rings. The first kappa shape index (κ1) is 22.3. The Morgan fingerprint density at radius 3 is 2.50 bits per heavy atom. The molecule has 0 aliphatic heterocycles. The highest BCUT2D eigenvalue weighted by Gasteiger charge is 2.24. The van der Waals surface area contributed by atoms with E-state index in [1.54, 1.807) is 26.8 Å². The van der Waals surface area contributed by atoms with Gasteiger partial charge in [-0.25, -0.2) is 8.42 Å². The lowest BCUT2D eigenvalue weighted by Crippen LogP contribution is -2.30. The van der Waals surface area contributed by atoms with Crippen molar-refractivity contribution in [2.75, 3.05) is 25.5 Å². The summed E-state index contributed by atoms with van der Waals surface area (Å²) in [4.78, 5) is 13.0. The Bertz CT molecular complexity index is 1200. The zero-order valence-corrected chi connectivity index (χ0v) is 19.6. The van der Waals surface area contributed by atoms with Crippen molar-refractivity contribution in [2.24, 2.45) is 0 Å². The largest absolute Gasteiger partial charge is 0.495 e. The minimum Gasteiger partial charge on any atom is -0.495 e. The Balaban J connectivity index is 2.00. The number of carbonyl (C=O) groups excluding carboxylic acids is 1. The van der Waals surface area contributed by atoms with Gasteiger partial charge in [0, 0.05) is 28.5 Å². The molecule has 0 aliphatic rings. The molecule has 0 unspecified atom stereocenters. The molecule has 0 atom stereocenters. The van der Waals surface area contributed by atoms with Gasteiger partial charge in [0.2, 0.25) is 10.0 Å². The summed E-state index contributed by atoms with van der Waals surface area (Å²) >= 11 is 3.42. The summed E-state index contributed by atoms with van der Waals surface area (Å²) in [5.41, 5.74) is 1.53. The van der Waals surface area contributed by atoms with Gasteiger partial charge in [-0.2, -0.15) is 4.31 Å². The van der Waals surface area contributed by atoms with Crippen molar-refractivity contribution in [1.29, 1.82) is 0 Å². The van der Waals surface area contributed by atoms with Gasteiger partial charge in [0.25, 0.3) is 5.91 Å². The van der Waals surface area contributed by atoms with Crippen LogP contribution in [0.3, 0.4) is 0 Å². The second kappa shape index (κ2) is 8.79. The van der Waals surface area contributed by atoms with Crippen molar-refractivity contribution < 1.29 is 22.4 Å². The van der Waals surface area contributed by atoms with Gasteiger partial charge in [-0.3, -0.25) is 4.79 Å². The number of aryl methyl sites for hydroxylation is 1. The van der Waals surface area contributed by atoms with Crippen molar-refractivity contribution >= 4 is 48.5 Å². The van der Waals surface area contributed by atoms with Crippen molar-refractivity contribution in [3.8, 4) is 5.75 Å². The fourth-order valence-electron chi connectivity index (χ4n) is 3.25. The molecule has 0 saturated heterocycles. The third-order valence-corrected chi connectivity index (χ3v) is 7.41. The molecule has 0 aliphatic carbocycles. The highest BCUT2D eigenvalue weighted by atomic mass is 79.9. The third kappa shape index (κ3) is 4.10. The van der Waals surface area contributed by atoms with Gasteiger partial charge in [0.1, 0.15) is 11.3 Å². The van der Waals surface area contributed by atoms with E-state index >= 15 is 0 Å². The van der Waals surface area contributed by atoms with Crippen LogP contribution in [0.2, 0.25) is 0 Å². The number of methoxy groups -OCH3 is 1. The fraction of sp³-hybridized carbons (Fsp3) is 0.286. The van der Waals surface area contributed by atoms with E-state index in [2.05, 4.69) is 21.2 Å². The number of hydrogen-bond donors (Lipinski definition) is 1. The Morgan fingerprint density at radius 1 is 1.17 bits per heavy atom. The second-order valence-electron chi connectivity index (χ2n) is 6.60. The molecule has 0 radical (unpaired) electrons. The first-order valence-corrected chi connectivity index (χ1v) is 11.6. The summed E-state index contributed by atoms with van der Waals surface area (Å²) in [5, 5.41) is 3.55. The number of sulfonamides is 1. The first-order chi connectivity index (χ1) is 14.2. The van der Waals surface area contributed by atoms with E-state index in [1.165, 1.54) is 29.6 Å². The molecule has 7 nitrogen and oxygen atoms in total. The lowest BCUT2D eigenvalue weighted by molar-refractivity contribution is 0.0997. The number of hydrogen-bond acceptors (Lipinski definition) is 5. The average molecular weight is 495 g/mol. The number of furan rings is 1. The van der Waals surface area contributed by atoms with Gasteiger partial charge >= 0.3 is 0 Å². The van der Waals surface area contributed by atoms with Crippen LogP contribution in [0.4, 0.5) is 5.69 Å². The predicted molar refractivity (Wildman–Crippen MR) is 120 cm³/mol. The monoisotopic (exact) mass is 494 g/mol. The third-order valence-electron chi connectivity index (χ3n) is 4.87. The van der Waals surface area contributed by atoms with Crippen LogP contribution >= 0.6 is 15.9 Å². The van der Waals surface area contributed by atoms with Crippen molar-refractivity contribution in [3.05, 3.63) is 52.2 Å². The summed E-state index contributed by atoms with van der Waals surface area (Å²) < 4.78 is 39.0. The van der Waals surface area contributed by atoms with E-state index in [1.807, 2.05) is 12.1 Å². The highest BCUT2D eigenvalue weighted by Crippen LogP contribution is 2.32. The van der Waals surface area contributed by atoms with Crippen LogP contribution in [0.25, 0.3) is 11.0 Å². The van der Waals surface area contributed by atoms with E-state index in [4.69, 9.17) is 9.15 Å². The summed E-state index contributed by atoms with van der Waals surface area (Å²) in [7, 11) is -2.23. The van der Waals surface area contributed by atoms with Gasteiger partial charge in [-0.05, 0) is 43.3 Å². The van der Waals surface area contributed by atoms with Crippen LogP contribution in [0.15, 0.2) is 50.2 Å². The minimum atomic E-state index is -3.68. The normalized spacial score (nSPS) is 11.8. The quantitative estimate of drug-likeness (QED) is 0.509. The summed E-state index contributed by atoms with van der Waals surface area (Å²) in [6.07, 6.45) is 0. The molecule has 9 heteroatoms. The van der Waals surface area contributed by atoms with E-state index in [0.717, 1.165) is 9.86 Å². The molecule has 0 bridgehead atoms. The number of anilines is 1. The molecule has 3 rings (SSSR count). The Kier molecular flexibility index (Phi) is 6.54. The van der Waals surface area contributed by atoms with Crippen LogP contribution in [0, 0.1) is 6.92 Å². The SMILES string of the molecule is CCN(CC)S(=O)(=O)c1ccc(OC)c(NC(=O)c2oc3ccc(Br)cc3c2C)c1. The minimum absolute atomic E-state index is 0.0764. The van der Waals surface area contributed by atoms with Crippen LogP contribution in [0.5, 0.6) is 5.75 Å². The molecule has 30 heavy (non-hydrogen) atoms. The van der Waals surface area contributed by atoms with E-state index in [9.17, 15) is 13.2 Å². The number of ether oxygens (including phenoxy) is 1. The maximum absolute atomic E-state index is 12.9.